The van der Waals surface area contributed by atoms with Gasteiger partial charge in [-0.05, 0) is 24.3 Å². The van der Waals surface area contributed by atoms with Crippen LogP contribution in [0.5, 0.6) is 0 Å². The van der Waals surface area contributed by atoms with Crippen molar-refractivity contribution in [3.63, 3.8) is 0 Å². The van der Waals surface area contributed by atoms with Crippen LogP contribution in [0, 0.1) is 0 Å². The molecule has 0 amide bonds. The molecule has 2 aromatic heterocycles. The maximum absolute atomic E-state index is 12.5. The molecule has 0 atom stereocenters. The SMILES string of the molecule is O=C(CCC(=O)c1ccc(N2CCOCC2)s1)c1ccc(N2CCOCC2)s1. The van der Waals surface area contributed by atoms with E-state index >= 15 is 0 Å². The minimum atomic E-state index is 0.0443. The number of morpholine rings is 2. The van der Waals surface area contributed by atoms with Gasteiger partial charge in [-0.15, -0.1) is 22.7 Å². The Kier molecular flexibility index (Phi) is 6.41. The number of Topliss-reactive ketones (excluding diaryl/α,β-unsaturated/α-hetero) is 2. The highest BCUT2D eigenvalue weighted by Crippen LogP contribution is 2.30. The summed E-state index contributed by atoms with van der Waals surface area (Å²) in [6, 6.07) is 7.76. The van der Waals surface area contributed by atoms with Gasteiger partial charge in [-0.3, -0.25) is 9.59 Å². The fourth-order valence-electron chi connectivity index (χ4n) is 3.34. The van der Waals surface area contributed by atoms with Gasteiger partial charge in [0.1, 0.15) is 0 Å². The number of ketones is 2. The van der Waals surface area contributed by atoms with Crippen molar-refractivity contribution in [3.05, 3.63) is 34.0 Å². The van der Waals surface area contributed by atoms with Crippen LogP contribution in [0.25, 0.3) is 0 Å². The first-order valence-corrected chi connectivity index (χ1v) is 11.3. The van der Waals surface area contributed by atoms with Gasteiger partial charge in [0.25, 0.3) is 0 Å². The van der Waals surface area contributed by atoms with Gasteiger partial charge in [0.15, 0.2) is 11.6 Å². The summed E-state index contributed by atoms with van der Waals surface area (Å²) in [7, 11) is 0. The maximum atomic E-state index is 12.5. The zero-order valence-corrected chi connectivity index (χ0v) is 17.4. The molecule has 0 aliphatic carbocycles. The predicted octanol–water partition coefficient (Wildman–Crippen LogP) is 3.33. The number of carbonyl (C=O) groups is 2. The summed E-state index contributed by atoms with van der Waals surface area (Å²) in [5, 5.41) is 2.21. The molecule has 2 fully saturated rings. The molecule has 8 heteroatoms. The molecule has 28 heavy (non-hydrogen) atoms. The summed E-state index contributed by atoms with van der Waals surface area (Å²) in [5.41, 5.74) is 0. The lowest BCUT2D eigenvalue weighted by Crippen LogP contribution is -2.35. The molecule has 4 rings (SSSR count). The number of thiophene rings is 2. The number of carbonyl (C=O) groups excluding carboxylic acids is 2. The molecular weight excluding hydrogens is 396 g/mol. The molecule has 2 saturated heterocycles. The normalized spacial score (nSPS) is 17.7. The monoisotopic (exact) mass is 420 g/mol. The Bertz CT molecular complexity index is 752. The van der Waals surface area contributed by atoms with Crippen molar-refractivity contribution < 1.29 is 19.1 Å². The first-order valence-electron chi connectivity index (χ1n) is 9.62. The molecule has 0 unspecified atom stereocenters. The number of nitrogens with zero attached hydrogens (tertiary/aromatic N) is 2. The highest BCUT2D eigenvalue weighted by Gasteiger charge is 2.19. The highest BCUT2D eigenvalue weighted by atomic mass is 32.1. The molecule has 0 N–H and O–H groups in total. The Morgan fingerprint density at radius 3 is 1.50 bits per heavy atom. The maximum Gasteiger partial charge on any atom is 0.173 e. The van der Waals surface area contributed by atoms with E-state index in [2.05, 4.69) is 9.80 Å². The third-order valence-electron chi connectivity index (χ3n) is 4.96. The number of ether oxygens (including phenoxy) is 2. The molecule has 0 aromatic carbocycles. The van der Waals surface area contributed by atoms with Crippen LogP contribution in [0.15, 0.2) is 24.3 Å². The molecule has 2 aliphatic heterocycles. The number of hydrogen-bond donors (Lipinski definition) is 0. The summed E-state index contributed by atoms with van der Waals surface area (Å²) < 4.78 is 10.7. The summed E-state index contributed by atoms with van der Waals surface area (Å²) in [4.78, 5) is 31.0. The quantitative estimate of drug-likeness (QED) is 0.641. The molecule has 0 bridgehead atoms. The van der Waals surface area contributed by atoms with Gasteiger partial charge in [-0.25, -0.2) is 0 Å². The minimum Gasteiger partial charge on any atom is -0.378 e. The van der Waals surface area contributed by atoms with Gasteiger partial charge >= 0.3 is 0 Å². The van der Waals surface area contributed by atoms with E-state index in [1.54, 1.807) is 0 Å². The minimum absolute atomic E-state index is 0.0443. The van der Waals surface area contributed by atoms with E-state index in [-0.39, 0.29) is 24.4 Å². The standard InChI is InChI=1S/C20H24N2O4S2/c23-15(17-3-5-19(27-17)21-7-11-25-12-8-21)1-2-16(24)18-4-6-20(28-18)22-9-13-26-14-10-22/h3-6H,1-2,7-14H2. The van der Waals surface area contributed by atoms with Gasteiger partial charge in [0.2, 0.25) is 0 Å². The molecule has 2 aliphatic rings. The molecule has 4 heterocycles. The van der Waals surface area contributed by atoms with Crippen molar-refractivity contribution >= 4 is 44.2 Å². The Morgan fingerprint density at radius 2 is 1.11 bits per heavy atom. The second kappa shape index (κ2) is 9.17. The van der Waals surface area contributed by atoms with Crippen LogP contribution in [0.4, 0.5) is 10.0 Å². The van der Waals surface area contributed by atoms with E-state index in [1.165, 1.54) is 22.7 Å². The first kappa shape index (κ1) is 19.6. The van der Waals surface area contributed by atoms with E-state index in [4.69, 9.17) is 9.47 Å². The van der Waals surface area contributed by atoms with Crippen molar-refractivity contribution in [2.45, 2.75) is 12.8 Å². The zero-order valence-electron chi connectivity index (χ0n) is 15.7. The number of hydrogen-bond acceptors (Lipinski definition) is 8. The average molecular weight is 421 g/mol. The molecule has 0 radical (unpaired) electrons. The van der Waals surface area contributed by atoms with Gasteiger partial charge in [-0.1, -0.05) is 0 Å². The van der Waals surface area contributed by atoms with Crippen LogP contribution in [0.1, 0.15) is 32.2 Å². The Balaban J connectivity index is 1.30. The van der Waals surface area contributed by atoms with Crippen LogP contribution in [-0.4, -0.2) is 64.2 Å². The van der Waals surface area contributed by atoms with Crippen molar-refractivity contribution in [2.24, 2.45) is 0 Å². The third-order valence-corrected chi connectivity index (χ3v) is 7.33. The van der Waals surface area contributed by atoms with Crippen LogP contribution >= 0.6 is 22.7 Å². The smallest absolute Gasteiger partial charge is 0.173 e. The average Bonchev–Trinajstić information content (AvgIpc) is 3.43. The Morgan fingerprint density at radius 1 is 0.714 bits per heavy atom. The lowest BCUT2D eigenvalue weighted by Gasteiger charge is -2.27. The zero-order chi connectivity index (χ0) is 19.3. The Labute approximate surface area is 172 Å². The van der Waals surface area contributed by atoms with Crippen LogP contribution in [-0.2, 0) is 9.47 Å². The summed E-state index contributed by atoms with van der Waals surface area (Å²) >= 11 is 3.02. The molecule has 0 spiro atoms. The Hall–Kier alpha value is -1.74. The second-order valence-corrected chi connectivity index (χ2v) is 8.95. The van der Waals surface area contributed by atoms with Crippen LogP contribution < -0.4 is 9.80 Å². The lowest BCUT2D eigenvalue weighted by atomic mass is 10.1. The van der Waals surface area contributed by atoms with Gasteiger partial charge in [0.05, 0.1) is 46.2 Å². The summed E-state index contributed by atoms with van der Waals surface area (Å²) in [6.07, 6.45) is 0.513. The predicted molar refractivity (Wildman–Crippen MR) is 113 cm³/mol. The van der Waals surface area contributed by atoms with Gasteiger partial charge in [0, 0.05) is 39.0 Å². The van der Waals surface area contributed by atoms with Gasteiger partial charge in [-0.2, -0.15) is 0 Å². The van der Waals surface area contributed by atoms with E-state index in [9.17, 15) is 9.59 Å². The van der Waals surface area contributed by atoms with E-state index in [0.29, 0.717) is 0 Å². The first-order chi connectivity index (χ1) is 13.7. The van der Waals surface area contributed by atoms with Crippen molar-refractivity contribution in [1.29, 1.82) is 0 Å². The van der Waals surface area contributed by atoms with E-state index in [0.717, 1.165) is 72.4 Å². The molecule has 150 valence electrons. The molecular formula is C20H24N2O4S2. The number of rotatable bonds is 7. The summed E-state index contributed by atoms with van der Waals surface area (Å²) in [5.74, 6) is 0.0886. The van der Waals surface area contributed by atoms with Crippen LogP contribution in [0.3, 0.4) is 0 Å². The third kappa shape index (κ3) is 4.63. The highest BCUT2D eigenvalue weighted by molar-refractivity contribution is 7.18. The molecule has 6 nitrogen and oxygen atoms in total. The largest absolute Gasteiger partial charge is 0.378 e. The van der Waals surface area contributed by atoms with E-state index < -0.39 is 0 Å². The second-order valence-electron chi connectivity index (χ2n) is 6.82. The van der Waals surface area contributed by atoms with Crippen LogP contribution in [0.2, 0.25) is 0 Å². The summed E-state index contributed by atoms with van der Waals surface area (Å²) in [6.45, 7) is 6.33. The molecule has 0 saturated carbocycles. The van der Waals surface area contributed by atoms with E-state index in [1.807, 2.05) is 24.3 Å². The van der Waals surface area contributed by atoms with Crippen molar-refractivity contribution in [3.8, 4) is 0 Å². The fraction of sp³-hybridized carbons (Fsp3) is 0.500. The number of anilines is 2. The fourth-order valence-corrected chi connectivity index (χ4v) is 5.39. The molecule has 2 aromatic rings. The van der Waals surface area contributed by atoms with Gasteiger partial charge < -0.3 is 19.3 Å². The lowest BCUT2D eigenvalue weighted by molar-refractivity contribution is 0.0921. The van der Waals surface area contributed by atoms with Crippen molar-refractivity contribution in [2.75, 3.05) is 62.4 Å². The topological polar surface area (TPSA) is 59.1 Å². The van der Waals surface area contributed by atoms with Crippen molar-refractivity contribution in [1.82, 2.24) is 0 Å².